The molecule has 1 heterocycles. The fourth-order valence-corrected chi connectivity index (χ4v) is 3.16. The van der Waals surface area contributed by atoms with E-state index in [4.69, 9.17) is 10.7 Å². The zero-order valence-corrected chi connectivity index (χ0v) is 12.4. The first kappa shape index (κ1) is 12.9. The fraction of sp³-hybridized carbons (Fsp3) is 0.118. The normalized spacial score (nSPS) is 10.7. The van der Waals surface area contributed by atoms with Crippen LogP contribution in [0.1, 0.15) is 11.1 Å². The van der Waals surface area contributed by atoms with Crippen molar-refractivity contribution in [3.63, 3.8) is 0 Å². The van der Waals surface area contributed by atoms with Crippen molar-refractivity contribution in [3.05, 3.63) is 59.0 Å². The minimum atomic E-state index is 0.769. The number of aromatic nitrogens is 1. The Labute approximate surface area is 122 Å². The molecule has 0 aliphatic heterocycles. The van der Waals surface area contributed by atoms with Crippen molar-refractivity contribution < 1.29 is 0 Å². The SMILES string of the molecule is Cc1cc(C)cc(-c2csc(-c3cccc(N)c3)n2)c1. The molecule has 0 radical (unpaired) electrons. The van der Waals surface area contributed by atoms with Gasteiger partial charge in [0.05, 0.1) is 5.69 Å². The number of hydrogen-bond donors (Lipinski definition) is 1. The molecule has 0 fully saturated rings. The summed E-state index contributed by atoms with van der Waals surface area (Å²) in [5.41, 5.74) is 12.4. The maximum atomic E-state index is 5.83. The first-order valence-electron chi connectivity index (χ1n) is 6.52. The topological polar surface area (TPSA) is 38.9 Å². The van der Waals surface area contributed by atoms with Crippen molar-refractivity contribution >= 4 is 17.0 Å². The number of thiazole rings is 1. The molecule has 2 aromatic carbocycles. The highest BCUT2D eigenvalue weighted by atomic mass is 32.1. The van der Waals surface area contributed by atoms with Crippen LogP contribution >= 0.6 is 11.3 Å². The van der Waals surface area contributed by atoms with E-state index in [2.05, 4.69) is 37.4 Å². The minimum Gasteiger partial charge on any atom is -0.399 e. The van der Waals surface area contributed by atoms with Crippen molar-refractivity contribution in [1.29, 1.82) is 0 Å². The molecule has 0 spiro atoms. The smallest absolute Gasteiger partial charge is 0.124 e. The zero-order valence-electron chi connectivity index (χ0n) is 11.6. The fourth-order valence-electron chi connectivity index (χ4n) is 2.33. The maximum absolute atomic E-state index is 5.83. The highest BCUT2D eigenvalue weighted by molar-refractivity contribution is 7.13. The van der Waals surface area contributed by atoms with Gasteiger partial charge in [0.15, 0.2) is 0 Å². The average Bonchev–Trinajstić information content (AvgIpc) is 2.87. The predicted octanol–water partition coefficient (Wildman–Crippen LogP) is 4.68. The molecule has 3 rings (SSSR count). The Hall–Kier alpha value is -2.13. The van der Waals surface area contributed by atoms with Gasteiger partial charge in [-0.25, -0.2) is 4.98 Å². The summed E-state index contributed by atoms with van der Waals surface area (Å²) in [6.07, 6.45) is 0. The molecule has 2 N–H and O–H groups in total. The molecule has 0 amide bonds. The Morgan fingerprint density at radius 2 is 1.70 bits per heavy atom. The summed E-state index contributed by atoms with van der Waals surface area (Å²) in [5.74, 6) is 0. The third-order valence-electron chi connectivity index (χ3n) is 3.16. The lowest BCUT2D eigenvalue weighted by Crippen LogP contribution is -1.85. The molecule has 3 heteroatoms. The van der Waals surface area contributed by atoms with E-state index in [1.807, 2.05) is 24.3 Å². The molecule has 2 nitrogen and oxygen atoms in total. The summed E-state index contributed by atoms with van der Waals surface area (Å²) in [5, 5.41) is 3.11. The zero-order chi connectivity index (χ0) is 14.1. The van der Waals surface area contributed by atoms with Crippen LogP contribution in [0.15, 0.2) is 47.8 Å². The Balaban J connectivity index is 2.02. The molecule has 0 aliphatic rings. The second kappa shape index (κ2) is 5.10. The van der Waals surface area contributed by atoms with E-state index in [1.165, 1.54) is 16.7 Å². The number of aryl methyl sites for hydroxylation is 2. The summed E-state index contributed by atoms with van der Waals surface area (Å²) in [6, 6.07) is 14.4. The average molecular weight is 280 g/mol. The number of anilines is 1. The second-order valence-corrected chi connectivity index (χ2v) is 5.90. The van der Waals surface area contributed by atoms with Crippen LogP contribution in [0.25, 0.3) is 21.8 Å². The molecule has 0 saturated heterocycles. The van der Waals surface area contributed by atoms with Gasteiger partial charge in [0.2, 0.25) is 0 Å². The molecular formula is C17H16N2S. The van der Waals surface area contributed by atoms with E-state index in [9.17, 15) is 0 Å². The van der Waals surface area contributed by atoms with Crippen molar-refractivity contribution in [3.8, 4) is 21.8 Å². The van der Waals surface area contributed by atoms with Crippen LogP contribution in [-0.2, 0) is 0 Å². The van der Waals surface area contributed by atoms with E-state index in [0.717, 1.165) is 22.0 Å². The van der Waals surface area contributed by atoms with Crippen LogP contribution in [0.4, 0.5) is 5.69 Å². The van der Waals surface area contributed by atoms with E-state index < -0.39 is 0 Å². The monoisotopic (exact) mass is 280 g/mol. The molecular weight excluding hydrogens is 264 g/mol. The molecule has 1 aromatic heterocycles. The van der Waals surface area contributed by atoms with Crippen molar-refractivity contribution in [2.24, 2.45) is 0 Å². The van der Waals surface area contributed by atoms with E-state index in [-0.39, 0.29) is 0 Å². The van der Waals surface area contributed by atoms with Crippen molar-refractivity contribution in [2.45, 2.75) is 13.8 Å². The second-order valence-electron chi connectivity index (χ2n) is 5.04. The molecule has 3 aromatic rings. The standard InChI is InChI=1S/C17H16N2S/c1-11-6-12(2)8-14(7-11)16-10-20-17(19-16)13-4-3-5-15(18)9-13/h3-10H,18H2,1-2H3. The van der Waals surface area contributed by atoms with Gasteiger partial charge in [-0.3, -0.25) is 0 Å². The highest BCUT2D eigenvalue weighted by Gasteiger charge is 2.07. The molecule has 0 bridgehead atoms. The largest absolute Gasteiger partial charge is 0.399 e. The number of nitrogen functional groups attached to an aromatic ring is 1. The van der Waals surface area contributed by atoms with Gasteiger partial charge in [0.25, 0.3) is 0 Å². The Morgan fingerprint density at radius 3 is 2.40 bits per heavy atom. The van der Waals surface area contributed by atoms with Gasteiger partial charge in [0, 0.05) is 22.2 Å². The summed E-state index contributed by atoms with van der Waals surface area (Å²) >= 11 is 1.65. The Bertz CT molecular complexity index is 739. The van der Waals surface area contributed by atoms with Crippen LogP contribution in [-0.4, -0.2) is 4.98 Å². The molecule has 0 atom stereocenters. The van der Waals surface area contributed by atoms with Crippen molar-refractivity contribution in [2.75, 3.05) is 5.73 Å². The van der Waals surface area contributed by atoms with Gasteiger partial charge in [-0.15, -0.1) is 11.3 Å². The van der Waals surface area contributed by atoms with Crippen LogP contribution in [0.3, 0.4) is 0 Å². The summed E-state index contributed by atoms with van der Waals surface area (Å²) < 4.78 is 0. The van der Waals surface area contributed by atoms with E-state index in [0.29, 0.717) is 0 Å². The molecule has 20 heavy (non-hydrogen) atoms. The highest BCUT2D eigenvalue weighted by Crippen LogP contribution is 2.30. The third-order valence-corrected chi connectivity index (χ3v) is 4.05. The number of nitrogens with zero attached hydrogens (tertiary/aromatic N) is 1. The lowest BCUT2D eigenvalue weighted by molar-refractivity contribution is 1.35. The maximum Gasteiger partial charge on any atom is 0.124 e. The quantitative estimate of drug-likeness (QED) is 0.692. The lowest BCUT2D eigenvalue weighted by Gasteiger charge is -2.02. The Kier molecular flexibility index (Phi) is 3.28. The van der Waals surface area contributed by atoms with Gasteiger partial charge >= 0.3 is 0 Å². The molecule has 0 saturated carbocycles. The van der Waals surface area contributed by atoms with Crippen LogP contribution in [0, 0.1) is 13.8 Å². The van der Waals surface area contributed by atoms with Crippen molar-refractivity contribution in [1.82, 2.24) is 4.98 Å². The van der Waals surface area contributed by atoms with Gasteiger partial charge in [-0.05, 0) is 38.1 Å². The molecule has 100 valence electrons. The molecule has 0 unspecified atom stereocenters. The molecule has 0 aliphatic carbocycles. The summed E-state index contributed by atoms with van der Waals surface area (Å²) in [7, 11) is 0. The summed E-state index contributed by atoms with van der Waals surface area (Å²) in [4.78, 5) is 4.74. The first-order valence-corrected chi connectivity index (χ1v) is 7.40. The van der Waals surface area contributed by atoms with Gasteiger partial charge in [0.1, 0.15) is 5.01 Å². The lowest BCUT2D eigenvalue weighted by atomic mass is 10.1. The Morgan fingerprint density at radius 1 is 0.950 bits per heavy atom. The predicted molar refractivity (Wildman–Crippen MR) is 86.9 cm³/mol. The number of hydrogen-bond acceptors (Lipinski definition) is 3. The van der Waals surface area contributed by atoms with E-state index >= 15 is 0 Å². The number of benzene rings is 2. The van der Waals surface area contributed by atoms with Gasteiger partial charge < -0.3 is 5.73 Å². The van der Waals surface area contributed by atoms with Gasteiger partial charge in [-0.1, -0.05) is 29.3 Å². The minimum absolute atomic E-state index is 0.769. The van der Waals surface area contributed by atoms with Crippen LogP contribution in [0.2, 0.25) is 0 Å². The number of rotatable bonds is 2. The third kappa shape index (κ3) is 2.58. The van der Waals surface area contributed by atoms with Gasteiger partial charge in [-0.2, -0.15) is 0 Å². The summed E-state index contributed by atoms with van der Waals surface area (Å²) in [6.45, 7) is 4.23. The first-order chi connectivity index (χ1) is 9.61. The van der Waals surface area contributed by atoms with Crippen LogP contribution < -0.4 is 5.73 Å². The number of nitrogens with two attached hydrogens (primary N) is 1. The van der Waals surface area contributed by atoms with Crippen LogP contribution in [0.5, 0.6) is 0 Å². The van der Waals surface area contributed by atoms with E-state index in [1.54, 1.807) is 11.3 Å².